The van der Waals surface area contributed by atoms with E-state index < -0.39 is 0 Å². The Labute approximate surface area is 144 Å². The van der Waals surface area contributed by atoms with Crippen LogP contribution in [-0.2, 0) is 6.42 Å². The molecule has 0 saturated heterocycles. The zero-order valence-corrected chi connectivity index (χ0v) is 15.4. The molecule has 106 valence electrons. The molecule has 0 aliphatic heterocycles. The third kappa shape index (κ3) is 5.11. The Bertz CT molecular complexity index is 463. The highest BCUT2D eigenvalue weighted by Gasteiger charge is 2.27. The largest absolute Gasteiger partial charge is 0.370 e. The number of nitrogens with zero attached hydrogens (tertiary/aromatic N) is 2. The fraction of sp³-hybridized carbons (Fsp3) is 0.462. The van der Waals surface area contributed by atoms with Gasteiger partial charge in [0.1, 0.15) is 0 Å². The number of hydrogen-bond acceptors (Lipinski definition) is 1. The van der Waals surface area contributed by atoms with E-state index in [1.165, 1.54) is 12.8 Å². The average Bonchev–Trinajstić information content (AvgIpc) is 3.16. The highest BCUT2D eigenvalue weighted by Crippen LogP contribution is 2.25. The molecule has 1 aromatic rings. The lowest BCUT2D eigenvalue weighted by molar-refractivity contribution is 0.487. The van der Waals surface area contributed by atoms with Crippen LogP contribution in [0.4, 0.5) is 0 Å². The van der Waals surface area contributed by atoms with Crippen LogP contribution in [0.1, 0.15) is 18.4 Å². The average molecular weight is 459 g/mol. The summed E-state index contributed by atoms with van der Waals surface area (Å²) >= 11 is 9.48. The maximum absolute atomic E-state index is 5.97. The highest BCUT2D eigenvalue weighted by molar-refractivity contribution is 14.0. The Hall–Kier alpha value is -0.0100. The van der Waals surface area contributed by atoms with Gasteiger partial charge in [0.05, 0.1) is 0 Å². The lowest BCUT2D eigenvalue weighted by Gasteiger charge is -2.16. The quantitative estimate of drug-likeness (QED) is 0.425. The minimum Gasteiger partial charge on any atom is -0.370 e. The molecular formula is C13H18BrClIN3. The third-order valence-electron chi connectivity index (χ3n) is 3.12. The normalized spacial score (nSPS) is 15.0. The zero-order valence-electron chi connectivity index (χ0n) is 10.8. The maximum atomic E-state index is 5.97. The van der Waals surface area contributed by atoms with Gasteiger partial charge >= 0.3 is 0 Å². The van der Waals surface area contributed by atoms with Gasteiger partial charge in [0.2, 0.25) is 0 Å². The predicted octanol–water partition coefficient (Wildman–Crippen LogP) is 3.67. The van der Waals surface area contributed by atoms with Crippen LogP contribution in [0.3, 0.4) is 0 Å². The van der Waals surface area contributed by atoms with Crippen LogP contribution >= 0.6 is 51.5 Å². The molecule has 0 radical (unpaired) electrons. The number of guanidine groups is 1. The molecule has 1 aliphatic rings. The van der Waals surface area contributed by atoms with Crippen molar-refractivity contribution in [2.45, 2.75) is 25.3 Å². The molecule has 2 rings (SSSR count). The van der Waals surface area contributed by atoms with Crippen molar-refractivity contribution in [3.05, 3.63) is 33.3 Å². The Morgan fingerprint density at radius 3 is 2.84 bits per heavy atom. The fourth-order valence-corrected chi connectivity index (χ4v) is 2.43. The van der Waals surface area contributed by atoms with Gasteiger partial charge in [-0.1, -0.05) is 27.5 Å². The van der Waals surface area contributed by atoms with Gasteiger partial charge in [-0.05, 0) is 43.0 Å². The first-order chi connectivity index (χ1) is 8.58. The maximum Gasteiger partial charge on any atom is 0.191 e. The number of aliphatic imine (C=N–C) groups is 1. The molecule has 0 atom stereocenters. The summed E-state index contributed by atoms with van der Waals surface area (Å²) in [6.45, 7) is 0.682. The number of hydrogen-bond donors (Lipinski definition) is 1. The summed E-state index contributed by atoms with van der Waals surface area (Å²) in [5.41, 5.74) is 7.09. The van der Waals surface area contributed by atoms with Crippen LogP contribution in [-0.4, -0.2) is 30.5 Å². The molecule has 2 N–H and O–H groups in total. The molecule has 1 aliphatic carbocycles. The third-order valence-corrected chi connectivity index (χ3v) is 4.13. The summed E-state index contributed by atoms with van der Waals surface area (Å²) in [5.74, 6) is 0.635. The molecule has 0 amide bonds. The van der Waals surface area contributed by atoms with Crippen molar-refractivity contribution >= 4 is 57.5 Å². The Balaban J connectivity index is 0.00000180. The minimum absolute atomic E-state index is 0. The SMILES string of the molecule is CN(C(N)=NCCc1cc(Cl)ccc1Br)C1CC1.I. The highest BCUT2D eigenvalue weighted by atomic mass is 127. The smallest absolute Gasteiger partial charge is 0.191 e. The zero-order chi connectivity index (χ0) is 13.1. The molecular weight excluding hydrogens is 440 g/mol. The molecule has 1 aromatic carbocycles. The van der Waals surface area contributed by atoms with Crippen molar-refractivity contribution in [2.24, 2.45) is 10.7 Å². The van der Waals surface area contributed by atoms with E-state index in [4.69, 9.17) is 17.3 Å². The molecule has 1 fully saturated rings. The van der Waals surface area contributed by atoms with Crippen LogP contribution in [0, 0.1) is 0 Å². The topological polar surface area (TPSA) is 41.6 Å². The standard InChI is InChI=1S/C13H17BrClN3.HI/c1-18(11-3-4-11)13(16)17-7-6-9-8-10(15)2-5-12(9)14;/h2,5,8,11H,3-4,6-7H2,1H3,(H2,16,17);1H. The molecule has 1 saturated carbocycles. The van der Waals surface area contributed by atoms with Crippen LogP contribution in [0.15, 0.2) is 27.7 Å². The first kappa shape index (κ1) is 17.0. The molecule has 3 nitrogen and oxygen atoms in total. The summed E-state index contributed by atoms with van der Waals surface area (Å²) in [5, 5.41) is 0.750. The van der Waals surface area contributed by atoms with Gasteiger partial charge in [-0.2, -0.15) is 0 Å². The molecule has 6 heteroatoms. The Morgan fingerprint density at radius 1 is 1.53 bits per heavy atom. The first-order valence-electron chi connectivity index (χ1n) is 6.04. The van der Waals surface area contributed by atoms with E-state index in [0.717, 1.165) is 21.5 Å². The van der Waals surface area contributed by atoms with Gasteiger partial charge in [-0.25, -0.2) is 0 Å². The van der Waals surface area contributed by atoms with E-state index in [0.29, 0.717) is 18.5 Å². The van der Waals surface area contributed by atoms with Crippen molar-refractivity contribution in [2.75, 3.05) is 13.6 Å². The van der Waals surface area contributed by atoms with Gasteiger partial charge in [-0.15, -0.1) is 24.0 Å². The lowest BCUT2D eigenvalue weighted by atomic mass is 10.1. The number of benzene rings is 1. The van der Waals surface area contributed by atoms with Crippen LogP contribution in [0.2, 0.25) is 5.02 Å². The van der Waals surface area contributed by atoms with Gasteiger partial charge in [-0.3, -0.25) is 4.99 Å². The number of nitrogens with two attached hydrogens (primary N) is 1. The van der Waals surface area contributed by atoms with Gasteiger partial charge in [0.15, 0.2) is 5.96 Å². The van der Waals surface area contributed by atoms with Gasteiger partial charge < -0.3 is 10.6 Å². The summed E-state index contributed by atoms with van der Waals surface area (Å²) < 4.78 is 1.07. The predicted molar refractivity (Wildman–Crippen MR) is 95.5 cm³/mol. The van der Waals surface area contributed by atoms with Crippen LogP contribution < -0.4 is 5.73 Å². The summed E-state index contributed by atoms with van der Waals surface area (Å²) in [6, 6.07) is 6.39. The van der Waals surface area contributed by atoms with E-state index >= 15 is 0 Å². The second-order valence-electron chi connectivity index (χ2n) is 4.57. The summed E-state index contributed by atoms with van der Waals surface area (Å²) in [7, 11) is 2.01. The van der Waals surface area contributed by atoms with Crippen LogP contribution in [0.5, 0.6) is 0 Å². The van der Waals surface area contributed by atoms with Crippen molar-refractivity contribution in [3.63, 3.8) is 0 Å². The minimum atomic E-state index is 0. The van der Waals surface area contributed by atoms with E-state index in [-0.39, 0.29) is 24.0 Å². The first-order valence-corrected chi connectivity index (χ1v) is 7.21. The molecule has 0 aromatic heterocycles. The summed E-state index contributed by atoms with van der Waals surface area (Å²) in [4.78, 5) is 6.47. The van der Waals surface area contributed by atoms with Crippen molar-refractivity contribution < 1.29 is 0 Å². The van der Waals surface area contributed by atoms with Crippen LogP contribution in [0.25, 0.3) is 0 Å². The summed E-state index contributed by atoms with van der Waals surface area (Å²) in [6.07, 6.45) is 3.29. The lowest BCUT2D eigenvalue weighted by Crippen LogP contribution is -2.35. The molecule has 0 spiro atoms. The molecule has 19 heavy (non-hydrogen) atoms. The van der Waals surface area contributed by atoms with E-state index in [9.17, 15) is 0 Å². The fourth-order valence-electron chi connectivity index (χ4n) is 1.79. The second-order valence-corrected chi connectivity index (χ2v) is 5.86. The van der Waals surface area contributed by atoms with Gasteiger partial charge in [0.25, 0.3) is 0 Å². The van der Waals surface area contributed by atoms with E-state index in [1.54, 1.807) is 0 Å². The number of rotatable bonds is 4. The van der Waals surface area contributed by atoms with Crippen molar-refractivity contribution in [1.82, 2.24) is 4.90 Å². The molecule has 0 unspecified atom stereocenters. The Morgan fingerprint density at radius 2 is 2.21 bits per heavy atom. The van der Waals surface area contributed by atoms with E-state index in [1.807, 2.05) is 25.2 Å². The van der Waals surface area contributed by atoms with E-state index in [2.05, 4.69) is 25.8 Å². The second kappa shape index (κ2) is 7.69. The molecule has 0 heterocycles. The monoisotopic (exact) mass is 457 g/mol. The number of halogens is 3. The van der Waals surface area contributed by atoms with Crippen molar-refractivity contribution in [1.29, 1.82) is 0 Å². The van der Waals surface area contributed by atoms with Gasteiger partial charge in [0, 0.05) is 29.1 Å². The van der Waals surface area contributed by atoms with Crippen molar-refractivity contribution in [3.8, 4) is 0 Å². The Kier molecular flexibility index (Phi) is 6.90. The molecule has 0 bridgehead atoms.